The zero-order valence-electron chi connectivity index (χ0n) is 16.3. The van der Waals surface area contributed by atoms with Gasteiger partial charge in [-0.05, 0) is 25.0 Å². The maximum atomic E-state index is 12.6. The monoisotopic (exact) mass is 411 g/mol. The minimum absolute atomic E-state index is 0.0553. The molecule has 7 heteroatoms. The number of nitrogens with zero attached hydrogens (tertiary/aromatic N) is 2. The number of aryl methyl sites for hydroxylation is 1. The Morgan fingerprint density at radius 3 is 2.72 bits per heavy atom. The van der Waals surface area contributed by atoms with Crippen LogP contribution in [0.25, 0.3) is 11.4 Å². The molecule has 0 aliphatic carbocycles. The van der Waals surface area contributed by atoms with Gasteiger partial charge in [0.25, 0.3) is 5.56 Å². The smallest absolute Gasteiger partial charge is 0.254 e. The molecule has 0 saturated carbocycles. The molecule has 6 nitrogen and oxygen atoms in total. The lowest BCUT2D eigenvalue weighted by Crippen LogP contribution is -2.35. The molecular weight excluding hydrogens is 390 g/mol. The Morgan fingerprint density at radius 2 is 2.00 bits per heavy atom. The molecule has 2 N–H and O–H groups in total. The van der Waals surface area contributed by atoms with E-state index in [1.807, 2.05) is 37.3 Å². The van der Waals surface area contributed by atoms with Crippen LogP contribution in [-0.2, 0) is 19.5 Å². The lowest BCUT2D eigenvalue weighted by atomic mass is 10.0. The van der Waals surface area contributed by atoms with Gasteiger partial charge in [0.2, 0.25) is 0 Å². The van der Waals surface area contributed by atoms with Crippen molar-refractivity contribution in [2.24, 2.45) is 0 Å². The Morgan fingerprint density at radius 1 is 1.24 bits per heavy atom. The number of nitrogens with one attached hydrogen (secondary N) is 1. The van der Waals surface area contributed by atoms with E-state index in [9.17, 15) is 9.90 Å². The van der Waals surface area contributed by atoms with Gasteiger partial charge in [0.1, 0.15) is 5.82 Å². The number of benzene rings is 2. The van der Waals surface area contributed by atoms with Crippen LogP contribution in [0.1, 0.15) is 22.4 Å². The third-order valence-electron chi connectivity index (χ3n) is 5.25. The summed E-state index contributed by atoms with van der Waals surface area (Å²) in [5.74, 6) is 0.870. The summed E-state index contributed by atoms with van der Waals surface area (Å²) < 4.78 is 5.10. The van der Waals surface area contributed by atoms with Crippen LogP contribution in [0.2, 0.25) is 5.02 Å². The number of methoxy groups -OCH3 is 1. The van der Waals surface area contributed by atoms with Gasteiger partial charge in [0.05, 0.1) is 17.8 Å². The Hall–Kier alpha value is -2.83. The van der Waals surface area contributed by atoms with Gasteiger partial charge >= 0.3 is 0 Å². The average Bonchev–Trinajstić information content (AvgIpc) is 2.72. The number of fused-ring (bicyclic) bond motifs is 1. The molecule has 0 atom stereocenters. The van der Waals surface area contributed by atoms with E-state index in [2.05, 4.69) is 9.88 Å². The molecule has 3 aromatic rings. The van der Waals surface area contributed by atoms with Gasteiger partial charge < -0.3 is 14.8 Å². The van der Waals surface area contributed by atoms with Crippen molar-refractivity contribution in [2.45, 2.75) is 26.4 Å². The van der Waals surface area contributed by atoms with Gasteiger partial charge in [-0.1, -0.05) is 47.5 Å². The number of ether oxygens (including phenoxy) is 1. The van der Waals surface area contributed by atoms with Crippen molar-refractivity contribution in [3.63, 3.8) is 0 Å². The zero-order valence-corrected chi connectivity index (χ0v) is 17.1. The van der Waals surface area contributed by atoms with Crippen molar-refractivity contribution >= 4 is 11.6 Å². The van der Waals surface area contributed by atoms with Crippen LogP contribution in [0, 0.1) is 6.92 Å². The molecule has 0 spiro atoms. The number of aromatic amines is 1. The molecule has 4 rings (SSSR count). The van der Waals surface area contributed by atoms with Gasteiger partial charge in [-0.15, -0.1) is 0 Å². The molecule has 29 heavy (non-hydrogen) atoms. The van der Waals surface area contributed by atoms with Crippen LogP contribution >= 0.6 is 11.6 Å². The van der Waals surface area contributed by atoms with E-state index in [0.29, 0.717) is 37.6 Å². The second-order valence-electron chi connectivity index (χ2n) is 7.26. The Bertz CT molecular complexity index is 1110. The molecule has 1 aromatic heterocycles. The zero-order chi connectivity index (χ0) is 20.5. The highest BCUT2D eigenvalue weighted by atomic mass is 35.5. The van der Waals surface area contributed by atoms with E-state index < -0.39 is 0 Å². The van der Waals surface area contributed by atoms with Crippen molar-refractivity contribution in [3.05, 3.63) is 74.2 Å². The molecule has 1 aliphatic heterocycles. The van der Waals surface area contributed by atoms with E-state index in [4.69, 9.17) is 21.3 Å². The maximum Gasteiger partial charge on any atom is 0.254 e. The van der Waals surface area contributed by atoms with Gasteiger partial charge in [0, 0.05) is 30.8 Å². The molecule has 150 valence electrons. The first-order valence-electron chi connectivity index (χ1n) is 9.42. The van der Waals surface area contributed by atoms with E-state index in [0.717, 1.165) is 27.9 Å². The highest BCUT2D eigenvalue weighted by Crippen LogP contribution is 2.37. The molecule has 1 aliphatic rings. The number of aromatic hydroxyl groups is 1. The standard InChI is InChI=1S/C22H22ClN3O3/c1-13-3-5-14(6-4-13)21-24-17-12-26(10-9-16(17)22(28)25-21)11-15-7-8-18(29-2)20(27)19(15)23/h3-8,27H,9-12H2,1-2H3,(H,24,25,28). The third-order valence-corrected chi connectivity index (χ3v) is 5.67. The van der Waals surface area contributed by atoms with E-state index in [1.165, 1.54) is 7.11 Å². The predicted octanol–water partition coefficient (Wildman–Crippen LogP) is 3.67. The van der Waals surface area contributed by atoms with Crippen molar-refractivity contribution in [1.82, 2.24) is 14.9 Å². The number of phenolic OH excluding ortho intramolecular Hbond substituents is 1. The molecule has 0 fully saturated rings. The largest absolute Gasteiger partial charge is 0.503 e. The number of phenols is 1. The fourth-order valence-corrected chi connectivity index (χ4v) is 3.81. The lowest BCUT2D eigenvalue weighted by molar-refractivity contribution is 0.240. The predicted molar refractivity (Wildman–Crippen MR) is 113 cm³/mol. The van der Waals surface area contributed by atoms with Gasteiger partial charge in [0.15, 0.2) is 11.5 Å². The first kappa shape index (κ1) is 19.5. The quantitative estimate of drug-likeness (QED) is 0.684. The number of hydrogen-bond acceptors (Lipinski definition) is 5. The Balaban J connectivity index is 1.60. The first-order valence-corrected chi connectivity index (χ1v) is 9.80. The molecule has 0 amide bonds. The second kappa shape index (κ2) is 7.89. The summed E-state index contributed by atoms with van der Waals surface area (Å²) in [4.78, 5) is 22.4. The van der Waals surface area contributed by atoms with E-state index in [-0.39, 0.29) is 16.3 Å². The minimum Gasteiger partial charge on any atom is -0.503 e. The summed E-state index contributed by atoms with van der Waals surface area (Å²) in [5.41, 5.74) is 4.28. The molecule has 0 saturated heterocycles. The summed E-state index contributed by atoms with van der Waals surface area (Å²) in [6.45, 7) is 3.82. The van der Waals surface area contributed by atoms with Crippen molar-refractivity contribution < 1.29 is 9.84 Å². The molecule has 0 unspecified atom stereocenters. The molecule has 0 bridgehead atoms. The Labute approximate surface area is 173 Å². The number of hydrogen-bond donors (Lipinski definition) is 2. The highest BCUT2D eigenvalue weighted by Gasteiger charge is 2.23. The fraction of sp³-hybridized carbons (Fsp3) is 0.273. The number of rotatable bonds is 4. The number of aromatic nitrogens is 2. The van der Waals surface area contributed by atoms with Crippen molar-refractivity contribution in [3.8, 4) is 22.9 Å². The summed E-state index contributed by atoms with van der Waals surface area (Å²) in [7, 11) is 1.49. The average molecular weight is 412 g/mol. The number of H-pyrrole nitrogens is 1. The van der Waals surface area contributed by atoms with Gasteiger partial charge in [-0.25, -0.2) is 4.98 Å². The highest BCUT2D eigenvalue weighted by molar-refractivity contribution is 6.33. The minimum atomic E-state index is -0.0784. The van der Waals surface area contributed by atoms with Crippen LogP contribution in [0.5, 0.6) is 11.5 Å². The Kier molecular flexibility index (Phi) is 5.30. The summed E-state index contributed by atoms with van der Waals surface area (Å²) >= 11 is 6.31. The van der Waals surface area contributed by atoms with Crippen LogP contribution in [0.4, 0.5) is 0 Å². The van der Waals surface area contributed by atoms with Gasteiger partial charge in [-0.3, -0.25) is 9.69 Å². The normalized spacial score (nSPS) is 13.9. The topological polar surface area (TPSA) is 78.5 Å². The molecular formula is C22H22ClN3O3. The fourth-order valence-electron chi connectivity index (χ4n) is 3.59. The van der Waals surface area contributed by atoms with Crippen LogP contribution in [-0.4, -0.2) is 33.6 Å². The van der Waals surface area contributed by atoms with Gasteiger partial charge in [-0.2, -0.15) is 0 Å². The van der Waals surface area contributed by atoms with E-state index in [1.54, 1.807) is 6.07 Å². The second-order valence-corrected chi connectivity index (χ2v) is 7.63. The van der Waals surface area contributed by atoms with Crippen LogP contribution in [0.15, 0.2) is 41.2 Å². The summed E-state index contributed by atoms with van der Waals surface area (Å²) in [6.07, 6.45) is 0.617. The van der Waals surface area contributed by atoms with Crippen molar-refractivity contribution in [2.75, 3.05) is 13.7 Å². The lowest BCUT2D eigenvalue weighted by Gasteiger charge is -2.28. The maximum absolute atomic E-state index is 12.6. The molecule has 2 aromatic carbocycles. The SMILES string of the molecule is COc1ccc(CN2CCc3c(nc(-c4ccc(C)cc4)[nH]c3=O)C2)c(Cl)c1O. The number of halogens is 1. The van der Waals surface area contributed by atoms with E-state index >= 15 is 0 Å². The van der Waals surface area contributed by atoms with Crippen molar-refractivity contribution in [1.29, 1.82) is 0 Å². The summed E-state index contributed by atoms with van der Waals surface area (Å²) in [6, 6.07) is 11.5. The third kappa shape index (κ3) is 3.86. The first-order chi connectivity index (χ1) is 14.0. The van der Waals surface area contributed by atoms with Crippen LogP contribution < -0.4 is 10.3 Å². The van der Waals surface area contributed by atoms with Crippen LogP contribution in [0.3, 0.4) is 0 Å². The molecule has 0 radical (unpaired) electrons. The summed E-state index contributed by atoms with van der Waals surface area (Å²) in [5, 5.41) is 10.4. The molecule has 2 heterocycles.